The second kappa shape index (κ2) is 6.47. The lowest BCUT2D eigenvalue weighted by molar-refractivity contribution is -0.141. The third-order valence-corrected chi connectivity index (χ3v) is 3.75. The highest BCUT2D eigenvalue weighted by Crippen LogP contribution is 2.26. The van der Waals surface area contributed by atoms with Crippen LogP contribution in [0.5, 0.6) is 0 Å². The van der Waals surface area contributed by atoms with Crippen LogP contribution in [0, 0.1) is 5.92 Å². The number of nitrogens with one attached hydrogen (secondary N) is 2. The Morgan fingerprint density at radius 3 is 2.57 bits per heavy atom. The molecule has 1 saturated carbocycles. The number of nitrogens with zero attached hydrogens (tertiary/aromatic N) is 1. The highest BCUT2D eigenvalue weighted by molar-refractivity contribution is 5.93. The lowest BCUT2D eigenvalue weighted by Crippen LogP contribution is -2.37. The standard InChI is InChI=1S/C15H21N3O3/c1-18(2)13-6-4-3-5-12(13)17-15(21)16-11-8-7-10(9-11)14(19)20/h3-6,10-11H,7-9H2,1-2H3,(H,19,20)(H2,16,17,21). The van der Waals surface area contributed by atoms with Crippen LogP contribution in [-0.4, -0.2) is 37.2 Å². The summed E-state index contributed by atoms with van der Waals surface area (Å²) in [6.45, 7) is 0. The topological polar surface area (TPSA) is 81.7 Å². The van der Waals surface area contributed by atoms with Gasteiger partial charge in [-0.05, 0) is 31.4 Å². The number of benzene rings is 1. The zero-order chi connectivity index (χ0) is 15.4. The van der Waals surface area contributed by atoms with Crippen LogP contribution in [0.2, 0.25) is 0 Å². The number of aliphatic carboxylic acids is 1. The summed E-state index contributed by atoms with van der Waals surface area (Å²) in [5.74, 6) is -1.12. The summed E-state index contributed by atoms with van der Waals surface area (Å²) in [5.41, 5.74) is 1.65. The fraction of sp³-hybridized carbons (Fsp3) is 0.467. The molecule has 21 heavy (non-hydrogen) atoms. The second-order valence-corrected chi connectivity index (χ2v) is 5.56. The number of anilines is 2. The van der Waals surface area contributed by atoms with Gasteiger partial charge in [-0.1, -0.05) is 12.1 Å². The summed E-state index contributed by atoms with van der Waals surface area (Å²) in [4.78, 5) is 24.9. The largest absolute Gasteiger partial charge is 0.481 e. The van der Waals surface area contributed by atoms with Crippen molar-refractivity contribution in [2.75, 3.05) is 24.3 Å². The van der Waals surface area contributed by atoms with Gasteiger partial charge in [-0.25, -0.2) is 4.79 Å². The lowest BCUT2D eigenvalue weighted by Gasteiger charge is -2.19. The quantitative estimate of drug-likeness (QED) is 0.793. The van der Waals surface area contributed by atoms with E-state index in [4.69, 9.17) is 5.11 Å². The molecule has 114 valence electrons. The van der Waals surface area contributed by atoms with Gasteiger partial charge < -0.3 is 20.6 Å². The molecule has 0 heterocycles. The lowest BCUT2D eigenvalue weighted by atomic mass is 10.1. The van der Waals surface area contributed by atoms with Gasteiger partial charge in [0.2, 0.25) is 0 Å². The molecule has 0 bridgehead atoms. The van der Waals surface area contributed by atoms with E-state index < -0.39 is 5.97 Å². The summed E-state index contributed by atoms with van der Waals surface area (Å²) in [6, 6.07) is 7.17. The number of rotatable bonds is 4. The van der Waals surface area contributed by atoms with E-state index in [0.29, 0.717) is 19.3 Å². The Balaban J connectivity index is 1.93. The number of amides is 2. The maximum absolute atomic E-state index is 12.0. The minimum Gasteiger partial charge on any atom is -0.481 e. The molecular weight excluding hydrogens is 270 g/mol. The van der Waals surface area contributed by atoms with Gasteiger partial charge in [0.05, 0.1) is 17.3 Å². The van der Waals surface area contributed by atoms with Crippen LogP contribution in [0.4, 0.5) is 16.2 Å². The van der Waals surface area contributed by atoms with Gasteiger partial charge in [0.1, 0.15) is 0 Å². The van der Waals surface area contributed by atoms with E-state index in [1.807, 2.05) is 43.3 Å². The highest BCUT2D eigenvalue weighted by atomic mass is 16.4. The van der Waals surface area contributed by atoms with E-state index >= 15 is 0 Å². The molecule has 2 atom stereocenters. The van der Waals surface area contributed by atoms with Crippen LogP contribution in [0.25, 0.3) is 0 Å². The SMILES string of the molecule is CN(C)c1ccccc1NC(=O)NC1CCC(C(=O)O)C1. The van der Waals surface area contributed by atoms with Crippen LogP contribution in [0.3, 0.4) is 0 Å². The third kappa shape index (κ3) is 3.87. The van der Waals surface area contributed by atoms with Gasteiger partial charge in [0.15, 0.2) is 0 Å². The number of carboxylic acid groups (broad SMARTS) is 1. The number of urea groups is 1. The van der Waals surface area contributed by atoms with Gasteiger partial charge in [-0.3, -0.25) is 4.79 Å². The van der Waals surface area contributed by atoms with Crippen molar-refractivity contribution in [3.63, 3.8) is 0 Å². The van der Waals surface area contributed by atoms with Crippen LogP contribution in [0.15, 0.2) is 24.3 Å². The van der Waals surface area contributed by atoms with Crippen molar-refractivity contribution in [3.05, 3.63) is 24.3 Å². The molecule has 1 aliphatic rings. The average molecular weight is 291 g/mol. The van der Waals surface area contributed by atoms with E-state index in [2.05, 4.69) is 10.6 Å². The first kappa shape index (κ1) is 15.2. The molecule has 1 aliphatic carbocycles. The summed E-state index contributed by atoms with van der Waals surface area (Å²) in [7, 11) is 3.82. The van der Waals surface area contributed by atoms with E-state index in [1.165, 1.54) is 0 Å². The first-order chi connectivity index (χ1) is 9.97. The van der Waals surface area contributed by atoms with Crippen LogP contribution in [0.1, 0.15) is 19.3 Å². The zero-order valence-electron chi connectivity index (χ0n) is 12.3. The van der Waals surface area contributed by atoms with E-state index in [9.17, 15) is 9.59 Å². The van der Waals surface area contributed by atoms with Crippen LogP contribution >= 0.6 is 0 Å². The normalized spacial score (nSPS) is 20.9. The Morgan fingerprint density at radius 2 is 1.95 bits per heavy atom. The Labute approximate surface area is 124 Å². The molecule has 0 spiro atoms. The molecule has 6 heteroatoms. The van der Waals surface area contributed by atoms with Crippen molar-refractivity contribution in [1.82, 2.24) is 5.32 Å². The average Bonchev–Trinajstić information content (AvgIpc) is 2.87. The molecule has 2 rings (SSSR count). The maximum Gasteiger partial charge on any atom is 0.319 e. The minimum atomic E-state index is -0.780. The zero-order valence-corrected chi connectivity index (χ0v) is 12.3. The summed E-state index contributed by atoms with van der Waals surface area (Å²) in [6.07, 6.45) is 1.83. The molecule has 6 nitrogen and oxygen atoms in total. The molecule has 1 aromatic carbocycles. The van der Waals surface area contributed by atoms with Gasteiger partial charge in [-0.15, -0.1) is 0 Å². The van der Waals surface area contributed by atoms with Crippen molar-refractivity contribution in [2.24, 2.45) is 5.92 Å². The molecule has 3 N–H and O–H groups in total. The first-order valence-corrected chi connectivity index (χ1v) is 7.04. The van der Waals surface area contributed by atoms with Crippen LogP contribution < -0.4 is 15.5 Å². The second-order valence-electron chi connectivity index (χ2n) is 5.56. The Kier molecular flexibility index (Phi) is 4.67. The third-order valence-electron chi connectivity index (χ3n) is 3.75. The predicted octanol–water partition coefficient (Wildman–Crippen LogP) is 2.13. The molecule has 0 aromatic heterocycles. The Hall–Kier alpha value is -2.24. The van der Waals surface area contributed by atoms with Crippen molar-refractivity contribution in [3.8, 4) is 0 Å². The monoisotopic (exact) mass is 291 g/mol. The Morgan fingerprint density at radius 1 is 1.24 bits per heavy atom. The molecule has 1 fully saturated rings. The molecular formula is C15H21N3O3. The maximum atomic E-state index is 12.0. The van der Waals surface area contributed by atoms with E-state index in [0.717, 1.165) is 11.4 Å². The number of carboxylic acids is 1. The van der Waals surface area contributed by atoms with E-state index in [1.54, 1.807) is 0 Å². The number of carbonyl (C=O) groups excluding carboxylic acids is 1. The fourth-order valence-corrected chi connectivity index (χ4v) is 2.65. The Bertz CT molecular complexity index is 531. The first-order valence-electron chi connectivity index (χ1n) is 7.04. The van der Waals surface area contributed by atoms with Crippen molar-refractivity contribution in [2.45, 2.75) is 25.3 Å². The molecule has 1 aromatic rings. The number of carbonyl (C=O) groups is 2. The molecule has 2 amide bonds. The van der Waals surface area contributed by atoms with Crippen LogP contribution in [-0.2, 0) is 4.79 Å². The van der Waals surface area contributed by atoms with Gasteiger partial charge in [0, 0.05) is 20.1 Å². The van der Waals surface area contributed by atoms with Gasteiger partial charge in [-0.2, -0.15) is 0 Å². The van der Waals surface area contributed by atoms with Gasteiger partial charge in [0.25, 0.3) is 0 Å². The number of hydrogen-bond acceptors (Lipinski definition) is 3. The number of hydrogen-bond donors (Lipinski definition) is 3. The predicted molar refractivity (Wildman–Crippen MR) is 81.7 cm³/mol. The van der Waals surface area contributed by atoms with Gasteiger partial charge >= 0.3 is 12.0 Å². The smallest absolute Gasteiger partial charge is 0.319 e. The summed E-state index contributed by atoms with van der Waals surface area (Å²) in [5, 5.41) is 14.6. The van der Waals surface area contributed by atoms with Crippen molar-refractivity contribution in [1.29, 1.82) is 0 Å². The van der Waals surface area contributed by atoms with Crippen molar-refractivity contribution < 1.29 is 14.7 Å². The molecule has 2 unspecified atom stereocenters. The molecule has 0 saturated heterocycles. The number of para-hydroxylation sites is 2. The summed E-state index contributed by atoms with van der Waals surface area (Å²) >= 11 is 0. The summed E-state index contributed by atoms with van der Waals surface area (Å²) < 4.78 is 0. The van der Waals surface area contributed by atoms with Crippen molar-refractivity contribution >= 4 is 23.4 Å². The minimum absolute atomic E-state index is 0.0716. The highest BCUT2D eigenvalue weighted by Gasteiger charge is 2.30. The molecule has 0 radical (unpaired) electrons. The van der Waals surface area contributed by atoms with E-state index in [-0.39, 0.29) is 18.0 Å². The fourth-order valence-electron chi connectivity index (χ4n) is 2.65. The molecule has 0 aliphatic heterocycles.